The lowest BCUT2D eigenvalue weighted by molar-refractivity contribution is -0.116. The second-order valence-electron chi connectivity index (χ2n) is 8.22. The Bertz CT molecular complexity index is 1180. The van der Waals surface area contributed by atoms with E-state index in [9.17, 15) is 4.79 Å². The van der Waals surface area contributed by atoms with E-state index in [2.05, 4.69) is 22.8 Å². The second kappa shape index (κ2) is 8.42. The number of ether oxygens (including phenoxy) is 2. The third kappa shape index (κ3) is 3.71. The highest BCUT2D eigenvalue weighted by atomic mass is 16.5. The van der Waals surface area contributed by atoms with Crippen LogP contribution in [-0.4, -0.2) is 20.0 Å². The van der Waals surface area contributed by atoms with Crippen LogP contribution in [0.25, 0.3) is 0 Å². The number of para-hydroxylation sites is 2. The minimum absolute atomic E-state index is 0.121. The molecule has 1 heterocycles. The first-order chi connectivity index (χ1) is 15.7. The number of fused-ring (bicyclic) bond motifs is 1. The smallest absolute Gasteiger partial charge is 0.163 e. The largest absolute Gasteiger partial charge is 0.497 e. The normalized spacial score (nSPS) is 19.8. The molecule has 2 atom stereocenters. The van der Waals surface area contributed by atoms with Crippen molar-refractivity contribution in [1.82, 2.24) is 0 Å². The molecule has 5 heteroatoms. The Morgan fingerprint density at radius 1 is 0.781 bits per heavy atom. The Kier molecular flexibility index (Phi) is 5.31. The lowest BCUT2D eigenvalue weighted by Gasteiger charge is -2.30. The van der Waals surface area contributed by atoms with E-state index in [1.54, 1.807) is 14.2 Å². The molecular formula is C27H26N2O3. The molecular weight excluding hydrogens is 400 g/mol. The maximum absolute atomic E-state index is 13.6. The standard InChI is InChI=1S/C27H26N2O3/c1-31-20-12-10-17(11-13-20)19-15-24-26(25(30)16-19)27(18-6-5-7-21(14-18)32-2)29-23-9-4-3-8-22(23)28-24/h3-14,19,27-29H,15-16H2,1-2H3/t19-,27-/m1/s1. The van der Waals surface area contributed by atoms with Crippen molar-refractivity contribution in [2.45, 2.75) is 24.8 Å². The van der Waals surface area contributed by atoms with Crippen molar-refractivity contribution in [3.8, 4) is 11.5 Å². The van der Waals surface area contributed by atoms with E-state index in [-0.39, 0.29) is 17.7 Å². The fourth-order valence-corrected chi connectivity index (χ4v) is 4.68. The van der Waals surface area contributed by atoms with Crippen molar-refractivity contribution in [1.29, 1.82) is 0 Å². The molecule has 5 rings (SSSR count). The molecule has 162 valence electrons. The van der Waals surface area contributed by atoms with Crippen molar-refractivity contribution >= 4 is 17.2 Å². The minimum Gasteiger partial charge on any atom is -0.497 e. The zero-order chi connectivity index (χ0) is 22.1. The molecule has 0 saturated carbocycles. The Morgan fingerprint density at radius 2 is 1.53 bits per heavy atom. The summed E-state index contributed by atoms with van der Waals surface area (Å²) in [6.45, 7) is 0. The van der Waals surface area contributed by atoms with Crippen molar-refractivity contribution in [3.63, 3.8) is 0 Å². The van der Waals surface area contributed by atoms with Crippen molar-refractivity contribution in [3.05, 3.63) is 95.2 Å². The molecule has 3 aromatic carbocycles. The maximum Gasteiger partial charge on any atom is 0.163 e. The Balaban J connectivity index is 1.58. The van der Waals surface area contributed by atoms with Gasteiger partial charge in [0.05, 0.1) is 31.6 Å². The first-order valence-electron chi connectivity index (χ1n) is 10.8. The van der Waals surface area contributed by atoms with Crippen molar-refractivity contribution < 1.29 is 14.3 Å². The van der Waals surface area contributed by atoms with Crippen LogP contribution in [0.3, 0.4) is 0 Å². The number of carbonyl (C=O) groups is 1. The molecule has 0 saturated heterocycles. The van der Waals surface area contributed by atoms with Crippen LogP contribution in [-0.2, 0) is 4.79 Å². The van der Waals surface area contributed by atoms with Crippen LogP contribution in [0.15, 0.2) is 84.1 Å². The number of rotatable bonds is 4. The predicted molar refractivity (Wildman–Crippen MR) is 126 cm³/mol. The van der Waals surface area contributed by atoms with Gasteiger partial charge in [-0.1, -0.05) is 36.4 Å². The van der Waals surface area contributed by atoms with Crippen LogP contribution in [0.4, 0.5) is 11.4 Å². The molecule has 0 bridgehead atoms. The lowest BCUT2D eigenvalue weighted by atomic mass is 9.78. The topological polar surface area (TPSA) is 59.6 Å². The van der Waals surface area contributed by atoms with Gasteiger partial charge in [0.15, 0.2) is 5.78 Å². The van der Waals surface area contributed by atoms with Crippen LogP contribution in [0, 0.1) is 0 Å². The molecule has 0 radical (unpaired) electrons. The van der Waals surface area contributed by atoms with Crippen LogP contribution >= 0.6 is 0 Å². The average Bonchev–Trinajstić information content (AvgIpc) is 3.01. The van der Waals surface area contributed by atoms with E-state index in [1.165, 1.54) is 0 Å². The van der Waals surface area contributed by atoms with Crippen LogP contribution < -0.4 is 20.1 Å². The van der Waals surface area contributed by atoms with Gasteiger partial charge >= 0.3 is 0 Å². The summed E-state index contributed by atoms with van der Waals surface area (Å²) in [4.78, 5) is 13.6. The molecule has 0 spiro atoms. The summed E-state index contributed by atoms with van der Waals surface area (Å²) in [5.41, 5.74) is 5.89. The quantitative estimate of drug-likeness (QED) is 0.562. The summed E-state index contributed by atoms with van der Waals surface area (Å²) in [5, 5.41) is 7.20. The number of hydrogen-bond acceptors (Lipinski definition) is 5. The maximum atomic E-state index is 13.6. The van der Waals surface area contributed by atoms with Crippen LogP contribution in [0.2, 0.25) is 0 Å². The fraction of sp³-hybridized carbons (Fsp3) is 0.222. The molecule has 0 fully saturated rings. The molecule has 5 nitrogen and oxygen atoms in total. The summed E-state index contributed by atoms with van der Waals surface area (Å²) in [7, 11) is 3.32. The fourth-order valence-electron chi connectivity index (χ4n) is 4.68. The van der Waals surface area contributed by atoms with Gasteiger partial charge in [0, 0.05) is 17.7 Å². The molecule has 0 aromatic heterocycles. The van der Waals surface area contributed by atoms with E-state index in [0.717, 1.165) is 51.7 Å². The zero-order valence-electron chi connectivity index (χ0n) is 18.2. The molecule has 0 amide bonds. The van der Waals surface area contributed by atoms with Gasteiger partial charge < -0.3 is 20.1 Å². The highest BCUT2D eigenvalue weighted by Gasteiger charge is 2.36. The minimum atomic E-state index is -0.249. The summed E-state index contributed by atoms with van der Waals surface area (Å²) in [6.07, 6.45) is 1.25. The van der Waals surface area contributed by atoms with Gasteiger partial charge in [0.1, 0.15) is 11.5 Å². The lowest BCUT2D eigenvalue weighted by Crippen LogP contribution is -2.26. The van der Waals surface area contributed by atoms with Gasteiger partial charge in [-0.2, -0.15) is 0 Å². The Labute approximate surface area is 188 Å². The number of hydrogen-bond donors (Lipinski definition) is 2. The summed E-state index contributed by atoms with van der Waals surface area (Å²) in [6, 6.07) is 23.8. The van der Waals surface area contributed by atoms with Crippen molar-refractivity contribution in [2.75, 3.05) is 24.9 Å². The molecule has 3 aromatic rings. The second-order valence-corrected chi connectivity index (χ2v) is 8.22. The number of anilines is 2. The van der Waals surface area contributed by atoms with Crippen LogP contribution in [0.5, 0.6) is 11.5 Å². The number of methoxy groups -OCH3 is 2. The molecule has 32 heavy (non-hydrogen) atoms. The molecule has 1 aliphatic heterocycles. The summed E-state index contributed by atoms with van der Waals surface area (Å²) < 4.78 is 10.7. The molecule has 2 N–H and O–H groups in total. The Morgan fingerprint density at radius 3 is 2.28 bits per heavy atom. The predicted octanol–water partition coefficient (Wildman–Crippen LogP) is 5.68. The number of benzene rings is 3. The van der Waals surface area contributed by atoms with Gasteiger partial charge in [-0.25, -0.2) is 0 Å². The number of carbonyl (C=O) groups excluding carboxylic acids is 1. The average molecular weight is 427 g/mol. The Hall–Kier alpha value is -3.73. The third-order valence-corrected chi connectivity index (χ3v) is 6.32. The highest BCUT2D eigenvalue weighted by molar-refractivity contribution is 6.01. The summed E-state index contributed by atoms with van der Waals surface area (Å²) in [5.74, 6) is 1.87. The van der Waals surface area contributed by atoms with Gasteiger partial charge in [-0.3, -0.25) is 4.79 Å². The van der Waals surface area contributed by atoms with Gasteiger partial charge in [0.25, 0.3) is 0 Å². The summed E-state index contributed by atoms with van der Waals surface area (Å²) >= 11 is 0. The molecule has 1 aliphatic carbocycles. The van der Waals surface area contributed by atoms with Gasteiger partial charge in [-0.05, 0) is 59.9 Å². The van der Waals surface area contributed by atoms with Crippen LogP contribution in [0.1, 0.15) is 35.9 Å². The molecule has 2 aliphatic rings. The first kappa shape index (κ1) is 20.2. The molecule has 0 unspecified atom stereocenters. The number of nitrogens with one attached hydrogen (secondary N) is 2. The number of ketones is 1. The highest BCUT2D eigenvalue weighted by Crippen LogP contribution is 2.44. The van der Waals surface area contributed by atoms with E-state index in [4.69, 9.17) is 9.47 Å². The SMILES string of the molecule is COc1ccc([C@H]2CC(=O)C3=C(C2)Nc2ccccc2N[C@@H]3c2cccc(OC)c2)cc1. The van der Waals surface area contributed by atoms with Gasteiger partial charge in [0.2, 0.25) is 0 Å². The monoisotopic (exact) mass is 426 g/mol. The number of allylic oxidation sites excluding steroid dienone is 1. The van der Waals surface area contributed by atoms with Gasteiger partial charge in [-0.15, -0.1) is 0 Å². The van der Waals surface area contributed by atoms with E-state index in [1.807, 2.05) is 60.7 Å². The third-order valence-electron chi connectivity index (χ3n) is 6.32. The zero-order valence-corrected chi connectivity index (χ0v) is 18.2. The van der Waals surface area contributed by atoms with E-state index in [0.29, 0.717) is 6.42 Å². The first-order valence-corrected chi connectivity index (χ1v) is 10.8. The number of Topliss-reactive ketones (excluding diaryl/α,β-unsaturated/α-hetero) is 1. The van der Waals surface area contributed by atoms with Crippen molar-refractivity contribution in [2.24, 2.45) is 0 Å². The van der Waals surface area contributed by atoms with E-state index < -0.39 is 0 Å². The van der Waals surface area contributed by atoms with E-state index >= 15 is 0 Å².